The Hall–Kier alpha value is -0.370. The van der Waals surface area contributed by atoms with Gasteiger partial charge in [-0.3, -0.25) is 9.52 Å². The van der Waals surface area contributed by atoms with Crippen LogP contribution in [0.1, 0.15) is 58.3 Å². The van der Waals surface area contributed by atoms with Crippen LogP contribution >= 0.6 is 23.5 Å². The predicted molar refractivity (Wildman–Crippen MR) is 112 cm³/mol. The van der Waals surface area contributed by atoms with E-state index in [1.165, 1.54) is 0 Å². The highest BCUT2D eigenvalue weighted by molar-refractivity contribution is 7.97. The second-order valence-corrected chi connectivity index (χ2v) is 9.50. The molecule has 0 aromatic heterocycles. The number of carbonyl (C=O) groups is 1. The molecule has 2 N–H and O–H groups in total. The van der Waals surface area contributed by atoms with E-state index in [4.69, 9.17) is 16.3 Å². The molecule has 0 spiro atoms. The van der Waals surface area contributed by atoms with Crippen molar-refractivity contribution in [3.63, 3.8) is 0 Å². The van der Waals surface area contributed by atoms with Crippen molar-refractivity contribution >= 4 is 29.5 Å². The van der Waals surface area contributed by atoms with Crippen LogP contribution in [0.4, 0.5) is 8.78 Å². The van der Waals surface area contributed by atoms with Crippen molar-refractivity contribution in [2.45, 2.75) is 88.2 Å². The van der Waals surface area contributed by atoms with Crippen LogP contribution in [0.25, 0.3) is 0 Å². The van der Waals surface area contributed by atoms with Gasteiger partial charge in [-0.15, -0.1) is 11.6 Å². The first kappa shape index (κ1) is 23.9. The average Bonchev–Trinajstić information content (AvgIpc) is 2.64. The maximum atomic E-state index is 13.6. The quantitative estimate of drug-likeness (QED) is 0.384. The molecule has 0 radical (unpaired) electrons. The third kappa shape index (κ3) is 8.97. The van der Waals surface area contributed by atoms with Crippen molar-refractivity contribution in [1.29, 1.82) is 0 Å². The molecule has 0 heterocycles. The van der Waals surface area contributed by atoms with Gasteiger partial charge in [-0.1, -0.05) is 18.5 Å². The number of rotatable bonds is 10. The number of carbonyl (C=O) groups excluding carboxylic acids is 1. The molecule has 162 valence electrons. The molecule has 4 atom stereocenters. The fraction of sp³-hybridized carbons (Fsp3) is 0.850. The number of halogens is 3. The second-order valence-electron chi connectivity index (χ2n) is 8.08. The number of alkyl halides is 3. The lowest BCUT2D eigenvalue weighted by Gasteiger charge is -2.28. The van der Waals surface area contributed by atoms with E-state index in [0.29, 0.717) is 43.7 Å². The van der Waals surface area contributed by atoms with Crippen LogP contribution < -0.4 is 10.0 Å². The minimum absolute atomic E-state index is 0.100. The normalized spacial score (nSPS) is 31.9. The zero-order chi connectivity index (χ0) is 20.5. The van der Waals surface area contributed by atoms with Gasteiger partial charge in [-0.25, -0.2) is 8.78 Å². The third-order valence-corrected chi connectivity index (χ3v) is 7.04. The highest BCUT2D eigenvalue weighted by Crippen LogP contribution is 2.29. The summed E-state index contributed by atoms with van der Waals surface area (Å²) in [6.45, 7) is 5.83. The van der Waals surface area contributed by atoms with E-state index in [9.17, 15) is 13.6 Å². The highest BCUT2D eigenvalue weighted by Gasteiger charge is 2.30. The van der Waals surface area contributed by atoms with Gasteiger partial charge < -0.3 is 10.1 Å². The van der Waals surface area contributed by atoms with Crippen LogP contribution in [0.5, 0.6) is 0 Å². The standard InChI is InChI=1S/C20H33ClF2N2O2S/c1-13(9-14(2)25-28-12-15-3-5-16(22)6-4-15)24-20(26)11-27-17-7-8-18(21)19(23)10-17/h14-19,25H,1,3-12H2,2H3,(H,24,26). The minimum atomic E-state index is -1.07. The Morgan fingerprint density at radius 1 is 1.25 bits per heavy atom. The maximum Gasteiger partial charge on any atom is 0.250 e. The van der Waals surface area contributed by atoms with Crippen molar-refractivity contribution in [1.82, 2.24) is 10.0 Å². The second kappa shape index (κ2) is 12.4. The van der Waals surface area contributed by atoms with Crippen molar-refractivity contribution in [2.75, 3.05) is 12.4 Å². The minimum Gasteiger partial charge on any atom is -0.368 e. The lowest BCUT2D eigenvalue weighted by molar-refractivity contribution is -0.128. The van der Waals surface area contributed by atoms with E-state index in [-0.39, 0.29) is 31.1 Å². The molecule has 4 unspecified atom stereocenters. The Labute approximate surface area is 176 Å². The molecule has 2 saturated carbocycles. The smallest absolute Gasteiger partial charge is 0.250 e. The summed E-state index contributed by atoms with van der Waals surface area (Å²) in [5, 5.41) is 2.30. The van der Waals surface area contributed by atoms with Gasteiger partial charge in [0.2, 0.25) is 5.91 Å². The summed E-state index contributed by atoms with van der Waals surface area (Å²) in [5.74, 6) is 1.29. The van der Waals surface area contributed by atoms with Crippen molar-refractivity contribution in [3.8, 4) is 0 Å². The van der Waals surface area contributed by atoms with Crippen molar-refractivity contribution < 1.29 is 18.3 Å². The molecule has 2 aliphatic carbocycles. The molecular formula is C20H33ClF2N2O2S. The van der Waals surface area contributed by atoms with E-state index in [1.54, 1.807) is 11.9 Å². The van der Waals surface area contributed by atoms with Gasteiger partial charge in [0.1, 0.15) is 19.0 Å². The molecular weight excluding hydrogens is 406 g/mol. The maximum absolute atomic E-state index is 13.6. The molecule has 2 fully saturated rings. The fourth-order valence-corrected chi connectivity index (χ4v) is 4.94. The van der Waals surface area contributed by atoms with Crippen molar-refractivity contribution in [2.24, 2.45) is 5.92 Å². The SMILES string of the molecule is C=C(CC(C)NSCC1CCC(F)CC1)NC(=O)COC1CCC(Cl)C(F)C1. The van der Waals surface area contributed by atoms with Crippen LogP contribution in [-0.2, 0) is 9.53 Å². The Morgan fingerprint density at radius 2 is 1.96 bits per heavy atom. The molecule has 1 amide bonds. The lowest BCUT2D eigenvalue weighted by atomic mass is 9.90. The van der Waals surface area contributed by atoms with Crippen LogP contribution in [0.2, 0.25) is 0 Å². The number of nitrogens with one attached hydrogen (secondary N) is 2. The monoisotopic (exact) mass is 438 g/mol. The van der Waals surface area contributed by atoms with Gasteiger partial charge >= 0.3 is 0 Å². The van der Waals surface area contributed by atoms with E-state index in [0.717, 1.165) is 18.6 Å². The van der Waals surface area contributed by atoms with Gasteiger partial charge in [0.05, 0.1) is 11.5 Å². The van der Waals surface area contributed by atoms with Crippen LogP contribution in [-0.4, -0.2) is 48.1 Å². The first-order valence-corrected chi connectivity index (χ1v) is 11.6. The van der Waals surface area contributed by atoms with Crippen LogP contribution in [0, 0.1) is 5.92 Å². The Bertz CT molecular complexity index is 507. The summed E-state index contributed by atoms with van der Waals surface area (Å²) in [6.07, 6.45) is 3.45. The molecule has 0 aromatic rings. The fourth-order valence-electron chi connectivity index (χ4n) is 3.68. The molecule has 28 heavy (non-hydrogen) atoms. The lowest BCUT2D eigenvalue weighted by Crippen LogP contribution is -2.35. The van der Waals surface area contributed by atoms with E-state index in [2.05, 4.69) is 16.6 Å². The van der Waals surface area contributed by atoms with Gasteiger partial charge in [0, 0.05) is 30.3 Å². The molecule has 0 saturated heterocycles. The Kier molecular flexibility index (Phi) is 10.5. The number of ether oxygens (including phenoxy) is 1. The van der Waals surface area contributed by atoms with E-state index >= 15 is 0 Å². The first-order chi connectivity index (χ1) is 13.3. The molecule has 2 aliphatic rings. The Morgan fingerprint density at radius 3 is 2.64 bits per heavy atom. The van der Waals surface area contributed by atoms with E-state index in [1.807, 2.05) is 6.92 Å². The van der Waals surface area contributed by atoms with Gasteiger partial charge in [0.25, 0.3) is 0 Å². The van der Waals surface area contributed by atoms with Gasteiger partial charge in [-0.2, -0.15) is 0 Å². The molecule has 0 bridgehead atoms. The zero-order valence-electron chi connectivity index (χ0n) is 16.6. The Balaban J connectivity index is 1.53. The molecule has 0 aromatic carbocycles. The summed E-state index contributed by atoms with van der Waals surface area (Å²) >= 11 is 7.52. The van der Waals surface area contributed by atoms with Gasteiger partial charge in [-0.05, 0) is 51.4 Å². The molecule has 0 aliphatic heterocycles. The van der Waals surface area contributed by atoms with Gasteiger partial charge in [0.15, 0.2) is 0 Å². The summed E-state index contributed by atoms with van der Waals surface area (Å²) in [7, 11) is 0. The van der Waals surface area contributed by atoms with Crippen LogP contribution in [0.15, 0.2) is 12.3 Å². The number of hydrogen-bond donors (Lipinski definition) is 2. The first-order valence-electron chi connectivity index (χ1n) is 10.2. The number of hydrogen-bond acceptors (Lipinski definition) is 4. The largest absolute Gasteiger partial charge is 0.368 e. The zero-order valence-corrected chi connectivity index (χ0v) is 18.2. The van der Waals surface area contributed by atoms with E-state index < -0.39 is 17.7 Å². The van der Waals surface area contributed by atoms with Crippen LogP contribution in [0.3, 0.4) is 0 Å². The number of amides is 1. The van der Waals surface area contributed by atoms with Crippen molar-refractivity contribution in [3.05, 3.63) is 12.3 Å². The highest BCUT2D eigenvalue weighted by atomic mass is 35.5. The molecule has 8 heteroatoms. The summed E-state index contributed by atoms with van der Waals surface area (Å²) in [6, 6.07) is 0.155. The molecule has 2 rings (SSSR count). The molecule has 4 nitrogen and oxygen atoms in total. The summed E-state index contributed by atoms with van der Waals surface area (Å²) < 4.78 is 35.6. The topological polar surface area (TPSA) is 50.4 Å². The predicted octanol–water partition coefficient (Wildman–Crippen LogP) is 4.68. The summed E-state index contributed by atoms with van der Waals surface area (Å²) in [4.78, 5) is 12.0. The third-order valence-electron chi connectivity index (χ3n) is 5.34. The average molecular weight is 439 g/mol. The summed E-state index contributed by atoms with van der Waals surface area (Å²) in [5.41, 5.74) is 0.625.